The second-order valence-electron chi connectivity index (χ2n) is 8.63. The van der Waals surface area contributed by atoms with E-state index >= 15 is 0 Å². The maximum atomic E-state index is 12.7. The molecule has 2 N–H and O–H groups in total. The zero-order valence-electron chi connectivity index (χ0n) is 16.5. The van der Waals surface area contributed by atoms with Gasteiger partial charge in [-0.2, -0.15) is 10.4 Å². The predicted molar refractivity (Wildman–Crippen MR) is 98.3 cm³/mol. The fourth-order valence-corrected chi connectivity index (χ4v) is 2.69. The third kappa shape index (κ3) is 4.63. The number of rotatable bonds is 6. The van der Waals surface area contributed by atoms with Gasteiger partial charge in [0.1, 0.15) is 17.3 Å². The number of hydrogen-bond acceptors (Lipinski definition) is 4. The van der Waals surface area contributed by atoms with E-state index in [0.717, 1.165) is 5.69 Å². The van der Waals surface area contributed by atoms with Gasteiger partial charge < -0.3 is 10.6 Å². The lowest BCUT2D eigenvalue weighted by atomic mass is 9.92. The lowest BCUT2D eigenvalue weighted by molar-refractivity contribution is -0.123. The molecule has 142 valence electrons. The normalized spacial score (nSPS) is 16.7. The maximum absolute atomic E-state index is 12.7. The highest BCUT2D eigenvalue weighted by Gasteiger charge is 2.45. The highest BCUT2D eigenvalue weighted by Crippen LogP contribution is 2.34. The van der Waals surface area contributed by atoms with Gasteiger partial charge in [-0.3, -0.25) is 14.3 Å². The molecule has 0 spiro atoms. The second kappa shape index (κ2) is 7.10. The number of nitrogens with one attached hydrogen (secondary N) is 2. The molecule has 0 aromatic carbocycles. The monoisotopic (exact) mass is 359 g/mol. The largest absolute Gasteiger partial charge is 0.339 e. The summed E-state index contributed by atoms with van der Waals surface area (Å²) in [6.45, 7) is 10.1. The smallest absolute Gasteiger partial charge is 0.270 e. The van der Waals surface area contributed by atoms with Gasteiger partial charge in [-0.1, -0.05) is 34.6 Å². The first-order valence-corrected chi connectivity index (χ1v) is 9.06. The topological polar surface area (TPSA) is 99.8 Å². The molecule has 7 heteroatoms. The summed E-state index contributed by atoms with van der Waals surface area (Å²) < 4.78 is 1.54. The minimum Gasteiger partial charge on any atom is -0.339 e. The molecular weight excluding hydrogens is 330 g/mol. The van der Waals surface area contributed by atoms with E-state index in [1.54, 1.807) is 13.1 Å². The van der Waals surface area contributed by atoms with Crippen LogP contribution in [0.15, 0.2) is 6.07 Å². The van der Waals surface area contributed by atoms with Crippen LogP contribution in [-0.4, -0.2) is 33.2 Å². The van der Waals surface area contributed by atoms with Crippen molar-refractivity contribution in [3.05, 3.63) is 17.5 Å². The van der Waals surface area contributed by atoms with Crippen LogP contribution in [0.5, 0.6) is 0 Å². The van der Waals surface area contributed by atoms with Gasteiger partial charge in [0.2, 0.25) is 5.91 Å². The minimum atomic E-state index is -0.747. The molecule has 0 bridgehead atoms. The van der Waals surface area contributed by atoms with E-state index in [9.17, 15) is 14.9 Å². The molecule has 0 saturated heterocycles. The molecule has 1 aromatic rings. The van der Waals surface area contributed by atoms with Crippen molar-refractivity contribution in [1.29, 1.82) is 5.26 Å². The molecule has 1 heterocycles. The van der Waals surface area contributed by atoms with Crippen molar-refractivity contribution in [1.82, 2.24) is 20.4 Å². The fourth-order valence-electron chi connectivity index (χ4n) is 2.69. The van der Waals surface area contributed by atoms with E-state index in [-0.39, 0.29) is 23.1 Å². The van der Waals surface area contributed by atoms with Gasteiger partial charge in [0.25, 0.3) is 5.91 Å². The third-order valence-corrected chi connectivity index (χ3v) is 4.54. The van der Waals surface area contributed by atoms with Gasteiger partial charge >= 0.3 is 0 Å². The van der Waals surface area contributed by atoms with Gasteiger partial charge in [-0.15, -0.1) is 0 Å². The molecule has 1 aliphatic rings. The van der Waals surface area contributed by atoms with E-state index in [1.165, 1.54) is 4.68 Å². The number of nitriles is 1. The van der Waals surface area contributed by atoms with Crippen LogP contribution >= 0.6 is 0 Å². The molecule has 1 fully saturated rings. The van der Waals surface area contributed by atoms with Crippen LogP contribution in [0.25, 0.3) is 0 Å². The Balaban J connectivity index is 2.15. The van der Waals surface area contributed by atoms with Crippen LogP contribution in [-0.2, 0) is 17.3 Å². The first-order chi connectivity index (χ1) is 12.0. The van der Waals surface area contributed by atoms with Crippen molar-refractivity contribution in [3.63, 3.8) is 0 Å². The molecule has 1 atom stereocenters. The summed E-state index contributed by atoms with van der Waals surface area (Å²) in [4.78, 5) is 25.3. The van der Waals surface area contributed by atoms with Crippen molar-refractivity contribution in [3.8, 4) is 6.07 Å². The number of carbonyl (C=O) groups is 2. The quantitative estimate of drug-likeness (QED) is 0.812. The number of amides is 2. The lowest BCUT2D eigenvalue weighted by Gasteiger charge is -2.21. The maximum Gasteiger partial charge on any atom is 0.270 e. The van der Waals surface area contributed by atoms with Gasteiger partial charge in [0, 0.05) is 12.5 Å². The van der Waals surface area contributed by atoms with Crippen molar-refractivity contribution in [2.45, 2.75) is 70.9 Å². The Bertz CT molecular complexity index is 732. The number of aromatic nitrogens is 2. The molecule has 7 nitrogen and oxygen atoms in total. The minimum absolute atomic E-state index is 0.170. The van der Waals surface area contributed by atoms with E-state index in [4.69, 9.17) is 0 Å². The first kappa shape index (κ1) is 20.0. The van der Waals surface area contributed by atoms with Crippen LogP contribution in [0.1, 0.15) is 70.1 Å². The molecule has 26 heavy (non-hydrogen) atoms. The van der Waals surface area contributed by atoms with E-state index < -0.39 is 11.6 Å². The zero-order chi connectivity index (χ0) is 19.7. The van der Waals surface area contributed by atoms with Crippen LogP contribution in [0, 0.1) is 17.2 Å². The Kier molecular flexibility index (Phi) is 5.45. The molecule has 2 amide bonds. The molecule has 1 aliphatic carbocycles. The second-order valence-corrected chi connectivity index (χ2v) is 8.63. The Labute approximate surface area is 155 Å². The standard InChI is InChI=1S/C19H29N5O2/c1-12(2)9-13(16(25)22-19(11-20)7-8-19)21-17(26)14-10-15(18(3,4)5)23-24(14)6/h10,12-13H,7-9H2,1-6H3,(H,21,26)(H,22,25)/t13-/m0/s1. The Morgan fingerprint density at radius 1 is 1.38 bits per heavy atom. The lowest BCUT2D eigenvalue weighted by Crippen LogP contribution is -2.51. The average Bonchev–Trinajstić information content (AvgIpc) is 3.17. The Morgan fingerprint density at radius 2 is 2.00 bits per heavy atom. The van der Waals surface area contributed by atoms with Gasteiger partial charge in [0.15, 0.2) is 0 Å². The average molecular weight is 359 g/mol. The summed E-state index contributed by atoms with van der Waals surface area (Å²) in [7, 11) is 1.72. The molecule has 1 aromatic heterocycles. The van der Waals surface area contributed by atoms with Crippen LogP contribution in [0.4, 0.5) is 0 Å². The summed E-state index contributed by atoms with van der Waals surface area (Å²) in [5.41, 5.74) is 0.313. The van der Waals surface area contributed by atoms with E-state index in [0.29, 0.717) is 25.0 Å². The van der Waals surface area contributed by atoms with Gasteiger partial charge in [-0.05, 0) is 31.2 Å². The van der Waals surface area contributed by atoms with Crippen LogP contribution in [0.2, 0.25) is 0 Å². The summed E-state index contributed by atoms with van der Waals surface area (Å²) in [6.07, 6.45) is 1.82. The van der Waals surface area contributed by atoms with Crippen LogP contribution in [0.3, 0.4) is 0 Å². The Hall–Kier alpha value is -2.36. The summed E-state index contributed by atoms with van der Waals surface area (Å²) >= 11 is 0. The zero-order valence-corrected chi connectivity index (χ0v) is 16.5. The molecular formula is C19H29N5O2. The van der Waals surface area contributed by atoms with Crippen LogP contribution < -0.4 is 10.6 Å². The molecule has 2 rings (SSSR count). The van der Waals surface area contributed by atoms with E-state index in [1.807, 2.05) is 34.6 Å². The van der Waals surface area contributed by atoms with Crippen molar-refractivity contribution in [2.24, 2.45) is 13.0 Å². The van der Waals surface area contributed by atoms with Gasteiger partial charge in [-0.25, -0.2) is 0 Å². The first-order valence-electron chi connectivity index (χ1n) is 9.06. The van der Waals surface area contributed by atoms with Crippen molar-refractivity contribution in [2.75, 3.05) is 0 Å². The molecule has 0 unspecified atom stereocenters. The van der Waals surface area contributed by atoms with Gasteiger partial charge in [0.05, 0.1) is 11.8 Å². The summed E-state index contributed by atoms with van der Waals surface area (Å²) in [5.74, 6) is -0.414. The Morgan fingerprint density at radius 3 is 2.42 bits per heavy atom. The van der Waals surface area contributed by atoms with E-state index in [2.05, 4.69) is 21.8 Å². The number of nitrogens with zero attached hydrogens (tertiary/aromatic N) is 3. The molecule has 0 aliphatic heterocycles. The number of hydrogen-bond donors (Lipinski definition) is 2. The third-order valence-electron chi connectivity index (χ3n) is 4.54. The SMILES string of the molecule is CC(C)C[C@H](NC(=O)c1cc(C(C)(C)C)nn1C)C(=O)NC1(C#N)CC1. The molecule has 0 radical (unpaired) electrons. The fraction of sp³-hybridized carbons (Fsp3) is 0.684. The van der Waals surface area contributed by atoms with Crippen molar-refractivity contribution < 1.29 is 9.59 Å². The highest BCUT2D eigenvalue weighted by atomic mass is 16.2. The summed E-state index contributed by atoms with van der Waals surface area (Å²) in [6, 6.07) is 3.23. The number of carbonyl (C=O) groups excluding carboxylic acids is 2. The number of aryl methyl sites for hydroxylation is 1. The predicted octanol–water partition coefficient (Wildman–Crippen LogP) is 2.03. The van der Waals surface area contributed by atoms with Crippen molar-refractivity contribution >= 4 is 11.8 Å². The highest BCUT2D eigenvalue weighted by molar-refractivity contribution is 5.96. The molecule has 1 saturated carbocycles. The summed E-state index contributed by atoms with van der Waals surface area (Å²) in [5, 5.41) is 19.2.